The van der Waals surface area contributed by atoms with Gasteiger partial charge in [-0.25, -0.2) is 9.59 Å². The first kappa shape index (κ1) is 27.8. The van der Waals surface area contributed by atoms with Gasteiger partial charge in [0.2, 0.25) is 0 Å². The van der Waals surface area contributed by atoms with Crippen LogP contribution in [0.15, 0.2) is 29.3 Å². The molecule has 0 amide bonds. The van der Waals surface area contributed by atoms with Crippen LogP contribution >= 0.6 is 12.2 Å². The molecule has 0 saturated carbocycles. The van der Waals surface area contributed by atoms with Crippen LogP contribution in [0, 0.1) is 0 Å². The molecule has 0 saturated heterocycles. The second-order valence-corrected chi connectivity index (χ2v) is 7.62. The number of aliphatic imine (C=N–C) groups is 1. The van der Waals surface area contributed by atoms with Crippen molar-refractivity contribution in [2.45, 2.75) is 6.54 Å². The fourth-order valence-corrected chi connectivity index (χ4v) is 3.40. The van der Waals surface area contributed by atoms with Crippen LogP contribution in [0.1, 0.15) is 5.56 Å². The van der Waals surface area contributed by atoms with Crippen LogP contribution < -0.4 is 5.32 Å². The number of carbonyl (C=O) groups is 4. The predicted octanol–water partition coefficient (Wildman–Crippen LogP) is -0.0323. The Kier molecular flexibility index (Phi) is 11.8. The topological polar surface area (TPSA) is 177 Å². The Bertz CT molecular complexity index is 855. The number of nitrogens with zero attached hydrogens (tertiary/aromatic N) is 3. The molecule has 0 spiro atoms. The summed E-state index contributed by atoms with van der Waals surface area (Å²) in [6, 6.07) is 7.16. The van der Waals surface area contributed by atoms with Gasteiger partial charge in [-0.2, -0.15) is 4.99 Å². The highest BCUT2D eigenvalue weighted by Gasteiger charge is 2.34. The Morgan fingerprint density at radius 3 is 1.91 bits per heavy atom. The Labute approximate surface area is 195 Å². The van der Waals surface area contributed by atoms with Crippen LogP contribution in [-0.2, 0) is 25.7 Å². The van der Waals surface area contributed by atoms with Crippen LogP contribution in [0.4, 0.5) is 5.69 Å². The van der Waals surface area contributed by atoms with E-state index in [2.05, 4.69) is 27.7 Å². The molecule has 0 aromatic heterocycles. The summed E-state index contributed by atoms with van der Waals surface area (Å²) < 4.78 is -0.379. The minimum Gasteiger partial charge on any atom is -0.480 e. The third-order valence-electron chi connectivity index (χ3n) is 4.75. The van der Waals surface area contributed by atoms with Crippen molar-refractivity contribution in [3.8, 4) is 0 Å². The summed E-state index contributed by atoms with van der Waals surface area (Å²) in [7, 11) is 0. The molecule has 0 fully saturated rings. The van der Waals surface area contributed by atoms with Crippen molar-refractivity contribution in [1.82, 2.24) is 10.2 Å². The highest BCUT2D eigenvalue weighted by molar-refractivity contribution is 7.78. The maximum absolute atomic E-state index is 11.5. The maximum atomic E-state index is 11.5. The van der Waals surface area contributed by atoms with Gasteiger partial charge in [0.15, 0.2) is 13.1 Å². The monoisotopic (exact) mass is 483 g/mol. The lowest BCUT2D eigenvalue weighted by molar-refractivity contribution is -0.913. The molecule has 0 radical (unpaired) electrons. The summed E-state index contributed by atoms with van der Waals surface area (Å²) in [6.45, 7) is -1.45. The van der Waals surface area contributed by atoms with E-state index in [0.29, 0.717) is 12.2 Å². The zero-order chi connectivity index (χ0) is 24.9. The highest BCUT2D eigenvalue weighted by Crippen LogP contribution is 2.12. The van der Waals surface area contributed by atoms with Gasteiger partial charge in [0, 0.05) is 19.6 Å². The van der Waals surface area contributed by atoms with E-state index in [9.17, 15) is 29.4 Å². The number of rotatable bonds is 17. The fourth-order valence-electron chi connectivity index (χ4n) is 3.30. The van der Waals surface area contributed by atoms with Gasteiger partial charge in [0.1, 0.15) is 0 Å². The smallest absolute Gasteiger partial charge is 0.359 e. The summed E-state index contributed by atoms with van der Waals surface area (Å²) >= 11 is 4.55. The van der Waals surface area contributed by atoms with Crippen LogP contribution in [0.3, 0.4) is 0 Å². The number of aliphatic carboxylic acids is 4. The molecule has 12 nitrogen and oxygen atoms in total. The molecular weight excluding hydrogens is 456 g/mol. The maximum Gasteiger partial charge on any atom is 0.359 e. The van der Waals surface area contributed by atoms with Gasteiger partial charge in [-0.1, -0.05) is 12.1 Å². The summed E-state index contributed by atoms with van der Waals surface area (Å²) in [6.07, 6.45) is 0. The number of carboxylic acids is 4. The largest absolute Gasteiger partial charge is 0.480 e. The molecule has 1 aromatic carbocycles. The first-order valence-electron chi connectivity index (χ1n) is 9.87. The van der Waals surface area contributed by atoms with Crippen LogP contribution in [0.2, 0.25) is 0 Å². The van der Waals surface area contributed by atoms with Crippen LogP contribution in [-0.4, -0.2) is 111 Å². The Balaban J connectivity index is 2.86. The number of benzene rings is 1. The van der Waals surface area contributed by atoms with Crippen molar-refractivity contribution in [2.75, 3.05) is 52.4 Å². The number of hydrogen-bond acceptors (Lipinski definition) is 8. The second-order valence-electron chi connectivity index (χ2n) is 7.44. The second kappa shape index (κ2) is 14.0. The van der Waals surface area contributed by atoms with Gasteiger partial charge in [-0.05, 0) is 29.9 Å². The van der Waals surface area contributed by atoms with E-state index in [1.807, 2.05) is 12.1 Å². The number of nitrogens with one attached hydrogen (secondary N) is 1. The third-order valence-corrected chi connectivity index (χ3v) is 4.84. The van der Waals surface area contributed by atoms with E-state index in [-0.39, 0.29) is 30.7 Å². The minimum atomic E-state index is -1.24. The molecule has 0 aliphatic heterocycles. The van der Waals surface area contributed by atoms with Crippen molar-refractivity contribution < 1.29 is 44.1 Å². The highest BCUT2D eigenvalue weighted by atomic mass is 32.1. The van der Waals surface area contributed by atoms with E-state index in [1.54, 1.807) is 12.1 Å². The van der Waals surface area contributed by atoms with Gasteiger partial charge in [0.25, 0.3) is 0 Å². The summed E-state index contributed by atoms with van der Waals surface area (Å²) in [4.78, 5) is 50.0. The number of thiocarbonyl (C=S) groups is 1. The van der Waals surface area contributed by atoms with Crippen LogP contribution in [0.25, 0.3) is 0 Å². The van der Waals surface area contributed by atoms with E-state index in [0.717, 1.165) is 10.5 Å². The molecule has 0 aliphatic rings. The number of isothiocyanates is 1. The summed E-state index contributed by atoms with van der Waals surface area (Å²) in [5.41, 5.74) is 1.57. The standard InChI is InChI=1S/C20H26N4O8S/c25-17(26)10-23(11-18(27)28)6-8-24(12-19(29)30,13-20(31)32)7-5-21-9-15-1-3-16(4-2-15)22-14-33/h1-4,21H,5-13H2,(H3-,25,26,27,28,29,30,31,32)/p+1. The first-order chi connectivity index (χ1) is 15.5. The SMILES string of the molecule is O=C(O)CN(CC[N+](CCNCc1ccc(N=C=S)cc1)(CC(=O)O)CC(=O)O)CC(=O)O. The Hall–Kier alpha value is -3.22. The van der Waals surface area contributed by atoms with Crippen molar-refractivity contribution in [3.63, 3.8) is 0 Å². The van der Waals surface area contributed by atoms with Crippen molar-refractivity contribution in [1.29, 1.82) is 0 Å². The summed E-state index contributed by atoms with van der Waals surface area (Å²) in [5.74, 6) is -4.91. The third kappa shape index (κ3) is 11.8. The average molecular weight is 484 g/mol. The van der Waals surface area contributed by atoms with Gasteiger partial charge < -0.3 is 30.2 Å². The Morgan fingerprint density at radius 2 is 1.45 bits per heavy atom. The molecule has 0 bridgehead atoms. The average Bonchev–Trinajstić information content (AvgIpc) is 2.69. The molecule has 0 heterocycles. The van der Waals surface area contributed by atoms with E-state index in [1.165, 1.54) is 0 Å². The van der Waals surface area contributed by atoms with E-state index in [4.69, 9.17) is 10.2 Å². The van der Waals surface area contributed by atoms with Crippen molar-refractivity contribution in [3.05, 3.63) is 29.8 Å². The molecule has 33 heavy (non-hydrogen) atoms. The number of quaternary nitrogens is 1. The lowest BCUT2D eigenvalue weighted by atomic mass is 10.2. The Morgan fingerprint density at radius 1 is 0.909 bits per heavy atom. The van der Waals surface area contributed by atoms with Crippen molar-refractivity contribution >= 4 is 46.9 Å². The molecule has 13 heteroatoms. The molecule has 0 atom stereocenters. The molecule has 180 valence electrons. The van der Waals surface area contributed by atoms with Gasteiger partial charge in [-0.3, -0.25) is 14.5 Å². The van der Waals surface area contributed by atoms with E-state index < -0.39 is 50.1 Å². The normalized spacial score (nSPS) is 11.1. The summed E-state index contributed by atoms with van der Waals surface area (Å²) in [5, 5.41) is 42.1. The van der Waals surface area contributed by atoms with Gasteiger partial charge in [0.05, 0.1) is 37.0 Å². The fraction of sp³-hybridized carbons (Fsp3) is 0.450. The molecule has 0 aliphatic carbocycles. The van der Waals surface area contributed by atoms with Gasteiger partial charge in [-0.15, -0.1) is 0 Å². The lowest BCUT2D eigenvalue weighted by Gasteiger charge is -2.37. The molecule has 1 aromatic rings. The van der Waals surface area contributed by atoms with Crippen molar-refractivity contribution in [2.24, 2.45) is 4.99 Å². The van der Waals surface area contributed by atoms with E-state index >= 15 is 0 Å². The molecule has 1 rings (SSSR count). The molecule has 0 unspecified atom stereocenters. The van der Waals surface area contributed by atoms with Gasteiger partial charge >= 0.3 is 23.9 Å². The zero-order valence-corrected chi connectivity index (χ0v) is 18.7. The minimum absolute atomic E-state index is 0.0505. The number of carboxylic acid groups (broad SMARTS) is 4. The number of hydrogen-bond donors (Lipinski definition) is 5. The molecular formula is C20H27N4O8S+. The predicted molar refractivity (Wildman–Crippen MR) is 120 cm³/mol. The quantitative estimate of drug-likeness (QED) is 0.0870. The lowest BCUT2D eigenvalue weighted by Crippen LogP contribution is -2.59. The first-order valence-corrected chi connectivity index (χ1v) is 10.3. The zero-order valence-electron chi connectivity index (χ0n) is 17.8. The molecule has 5 N–H and O–H groups in total. The van der Waals surface area contributed by atoms with Crippen LogP contribution in [0.5, 0.6) is 0 Å².